The normalized spacial score (nSPS) is 13.0. The number of aromatic nitrogens is 2. The zero-order valence-electron chi connectivity index (χ0n) is 9.45. The highest BCUT2D eigenvalue weighted by Crippen LogP contribution is 2.17. The average Bonchev–Trinajstić information content (AvgIpc) is 2.66. The quantitative estimate of drug-likeness (QED) is 0.532. The van der Waals surface area contributed by atoms with E-state index in [0.29, 0.717) is 0 Å². The predicted octanol–water partition coefficient (Wildman–Crippen LogP) is 3.00. The van der Waals surface area contributed by atoms with Gasteiger partial charge in [0, 0.05) is 18.4 Å². The van der Waals surface area contributed by atoms with Crippen LogP contribution in [0.2, 0.25) is 0 Å². The maximum absolute atomic E-state index is 5.93. The first-order valence-corrected chi connectivity index (χ1v) is 5.92. The molecule has 1 aromatic rings. The lowest BCUT2D eigenvalue weighted by molar-refractivity contribution is 0.121. The lowest BCUT2D eigenvalue weighted by Gasteiger charge is -2.03. The van der Waals surface area contributed by atoms with Crippen LogP contribution in [0.4, 0.5) is 0 Å². The Labute approximate surface area is 96.4 Å². The Morgan fingerprint density at radius 3 is 2.93 bits per heavy atom. The summed E-state index contributed by atoms with van der Waals surface area (Å²) in [6, 6.07) is 0. The van der Waals surface area contributed by atoms with Crippen molar-refractivity contribution in [3.8, 4) is 0 Å². The van der Waals surface area contributed by atoms with Gasteiger partial charge in [0.05, 0.1) is 24.7 Å². The molecule has 0 radical (unpaired) electrons. The van der Waals surface area contributed by atoms with Crippen LogP contribution in [-0.2, 0) is 11.3 Å². The molecule has 0 saturated heterocycles. The number of alkyl halides is 1. The van der Waals surface area contributed by atoms with Crippen molar-refractivity contribution in [3.05, 3.63) is 18.0 Å². The van der Waals surface area contributed by atoms with Crippen molar-refractivity contribution < 1.29 is 4.74 Å². The van der Waals surface area contributed by atoms with Crippen molar-refractivity contribution in [3.63, 3.8) is 0 Å². The third-order valence-corrected chi connectivity index (χ3v) is 2.47. The first kappa shape index (κ1) is 12.5. The van der Waals surface area contributed by atoms with Gasteiger partial charge in [-0.3, -0.25) is 4.68 Å². The predicted molar refractivity (Wildman–Crippen MR) is 62.2 cm³/mol. The molecule has 1 unspecified atom stereocenters. The smallest absolute Gasteiger partial charge is 0.0662 e. The van der Waals surface area contributed by atoms with Gasteiger partial charge in [-0.1, -0.05) is 13.3 Å². The van der Waals surface area contributed by atoms with Crippen LogP contribution in [0.15, 0.2) is 12.4 Å². The Morgan fingerprint density at radius 2 is 2.33 bits per heavy atom. The third kappa shape index (κ3) is 4.67. The minimum Gasteiger partial charge on any atom is -0.380 e. The van der Waals surface area contributed by atoms with Gasteiger partial charge in [0.15, 0.2) is 0 Å². The summed E-state index contributed by atoms with van der Waals surface area (Å²) in [6.07, 6.45) is 6.09. The largest absolute Gasteiger partial charge is 0.380 e. The number of unbranched alkanes of at least 4 members (excludes halogenated alkanes) is 1. The van der Waals surface area contributed by atoms with E-state index in [0.717, 1.165) is 31.7 Å². The summed E-state index contributed by atoms with van der Waals surface area (Å²) >= 11 is 5.93. The highest BCUT2D eigenvalue weighted by molar-refractivity contribution is 6.20. The van der Waals surface area contributed by atoms with Gasteiger partial charge in [0.1, 0.15) is 0 Å². The fraction of sp³-hybridized carbons (Fsp3) is 0.727. The maximum Gasteiger partial charge on any atom is 0.0662 e. The van der Waals surface area contributed by atoms with Crippen molar-refractivity contribution >= 4 is 11.6 Å². The molecule has 0 bridgehead atoms. The lowest BCUT2D eigenvalue weighted by Crippen LogP contribution is -2.06. The molecule has 0 N–H and O–H groups in total. The molecule has 0 aliphatic heterocycles. The molecule has 1 aromatic heterocycles. The van der Waals surface area contributed by atoms with E-state index in [1.807, 2.05) is 24.0 Å². The van der Waals surface area contributed by atoms with Crippen LogP contribution in [0.3, 0.4) is 0 Å². The molecule has 1 rings (SSSR count). The molecule has 3 nitrogen and oxygen atoms in total. The molecule has 4 heteroatoms. The van der Waals surface area contributed by atoms with Crippen LogP contribution in [0.1, 0.15) is 37.6 Å². The van der Waals surface area contributed by atoms with E-state index in [4.69, 9.17) is 16.3 Å². The van der Waals surface area contributed by atoms with Crippen LogP contribution >= 0.6 is 11.6 Å². The Kier molecular flexibility index (Phi) is 5.73. The second-order valence-corrected chi connectivity index (χ2v) is 4.27. The van der Waals surface area contributed by atoms with E-state index < -0.39 is 0 Å². The van der Waals surface area contributed by atoms with Crippen LogP contribution in [0.5, 0.6) is 0 Å². The zero-order valence-corrected chi connectivity index (χ0v) is 10.2. The van der Waals surface area contributed by atoms with Crippen molar-refractivity contribution in [1.29, 1.82) is 0 Å². The van der Waals surface area contributed by atoms with Gasteiger partial charge >= 0.3 is 0 Å². The first-order valence-electron chi connectivity index (χ1n) is 5.48. The summed E-state index contributed by atoms with van der Waals surface area (Å²) in [4.78, 5) is 0. The second-order valence-electron chi connectivity index (χ2n) is 3.62. The number of hydrogen-bond donors (Lipinski definition) is 0. The van der Waals surface area contributed by atoms with E-state index in [2.05, 4.69) is 12.0 Å². The molecular formula is C11H19ClN2O. The SMILES string of the molecule is CCCCOCCn1cc(C(C)Cl)cn1. The molecule has 0 saturated carbocycles. The van der Waals surface area contributed by atoms with Gasteiger partial charge in [-0.2, -0.15) is 5.10 Å². The van der Waals surface area contributed by atoms with Gasteiger partial charge in [-0.05, 0) is 13.3 Å². The third-order valence-electron chi connectivity index (χ3n) is 2.22. The average molecular weight is 231 g/mol. The summed E-state index contributed by atoms with van der Waals surface area (Å²) in [6.45, 7) is 6.47. The van der Waals surface area contributed by atoms with Crippen molar-refractivity contribution in [2.75, 3.05) is 13.2 Å². The van der Waals surface area contributed by atoms with Crippen LogP contribution < -0.4 is 0 Å². The molecule has 15 heavy (non-hydrogen) atoms. The standard InChI is InChI=1S/C11H19ClN2O/c1-3-4-6-15-7-5-14-9-11(8-13-14)10(2)12/h8-10H,3-7H2,1-2H3. The minimum atomic E-state index is 0.0276. The Balaban J connectivity index is 2.20. The summed E-state index contributed by atoms with van der Waals surface area (Å²) in [5.74, 6) is 0. The molecule has 0 aliphatic carbocycles. The van der Waals surface area contributed by atoms with Gasteiger partial charge in [0.2, 0.25) is 0 Å². The van der Waals surface area contributed by atoms with Crippen LogP contribution in [-0.4, -0.2) is 23.0 Å². The number of ether oxygens (including phenoxy) is 1. The maximum atomic E-state index is 5.93. The molecule has 1 heterocycles. The summed E-state index contributed by atoms with van der Waals surface area (Å²) in [5.41, 5.74) is 1.06. The van der Waals surface area contributed by atoms with Crippen molar-refractivity contribution in [2.24, 2.45) is 0 Å². The Bertz CT molecular complexity index is 273. The van der Waals surface area contributed by atoms with Crippen LogP contribution in [0, 0.1) is 0 Å². The minimum absolute atomic E-state index is 0.0276. The highest BCUT2D eigenvalue weighted by atomic mass is 35.5. The fourth-order valence-corrected chi connectivity index (χ4v) is 1.33. The highest BCUT2D eigenvalue weighted by Gasteiger charge is 2.03. The van der Waals surface area contributed by atoms with Gasteiger partial charge in [-0.25, -0.2) is 0 Å². The van der Waals surface area contributed by atoms with E-state index >= 15 is 0 Å². The molecule has 0 spiro atoms. The zero-order chi connectivity index (χ0) is 11.1. The van der Waals surface area contributed by atoms with Crippen molar-refractivity contribution in [2.45, 2.75) is 38.6 Å². The van der Waals surface area contributed by atoms with E-state index in [1.165, 1.54) is 6.42 Å². The molecule has 0 aromatic carbocycles. The molecule has 1 atom stereocenters. The molecule has 86 valence electrons. The second kappa shape index (κ2) is 6.85. The molecule has 0 aliphatic rings. The molecule has 0 amide bonds. The molecule has 0 fully saturated rings. The van der Waals surface area contributed by atoms with Crippen LogP contribution in [0.25, 0.3) is 0 Å². The summed E-state index contributed by atoms with van der Waals surface area (Å²) in [5, 5.41) is 4.24. The number of halogens is 1. The summed E-state index contributed by atoms with van der Waals surface area (Å²) < 4.78 is 7.33. The van der Waals surface area contributed by atoms with Gasteiger partial charge in [-0.15, -0.1) is 11.6 Å². The monoisotopic (exact) mass is 230 g/mol. The number of rotatable bonds is 7. The first-order chi connectivity index (χ1) is 7.24. The van der Waals surface area contributed by atoms with Gasteiger partial charge in [0.25, 0.3) is 0 Å². The fourth-order valence-electron chi connectivity index (χ4n) is 1.21. The van der Waals surface area contributed by atoms with E-state index in [9.17, 15) is 0 Å². The van der Waals surface area contributed by atoms with Crippen molar-refractivity contribution in [1.82, 2.24) is 9.78 Å². The van der Waals surface area contributed by atoms with E-state index in [1.54, 1.807) is 0 Å². The molecular weight excluding hydrogens is 212 g/mol. The number of hydrogen-bond acceptors (Lipinski definition) is 2. The topological polar surface area (TPSA) is 27.1 Å². The number of nitrogens with zero attached hydrogens (tertiary/aromatic N) is 2. The van der Waals surface area contributed by atoms with Gasteiger partial charge < -0.3 is 4.74 Å². The Morgan fingerprint density at radius 1 is 1.53 bits per heavy atom. The lowest BCUT2D eigenvalue weighted by atomic mass is 10.3. The Hall–Kier alpha value is -0.540. The van der Waals surface area contributed by atoms with E-state index in [-0.39, 0.29) is 5.38 Å². The summed E-state index contributed by atoms with van der Waals surface area (Å²) in [7, 11) is 0.